The van der Waals surface area contributed by atoms with E-state index in [2.05, 4.69) is 51.8 Å². The first-order valence-corrected chi connectivity index (χ1v) is 14.2. The van der Waals surface area contributed by atoms with E-state index in [0.29, 0.717) is 38.9 Å². The first kappa shape index (κ1) is 29.0. The molecule has 0 aliphatic carbocycles. The maximum absolute atomic E-state index is 13.0. The van der Waals surface area contributed by atoms with Crippen molar-refractivity contribution in [2.24, 2.45) is 0 Å². The number of nitrogens with one attached hydrogen (secondary N) is 2. The second kappa shape index (κ2) is 12.5. The van der Waals surface area contributed by atoms with Crippen LogP contribution in [-0.2, 0) is 16.8 Å². The Labute approximate surface area is 240 Å². The van der Waals surface area contributed by atoms with Crippen molar-refractivity contribution < 1.29 is 19.1 Å². The predicted molar refractivity (Wildman–Crippen MR) is 155 cm³/mol. The molecule has 0 fully saturated rings. The van der Waals surface area contributed by atoms with E-state index in [-0.39, 0.29) is 29.5 Å². The molecule has 0 spiro atoms. The van der Waals surface area contributed by atoms with Gasteiger partial charge >= 0.3 is 0 Å². The number of carbonyl (C=O) groups is 2. The summed E-state index contributed by atoms with van der Waals surface area (Å²) in [5, 5.41) is 23.8. The van der Waals surface area contributed by atoms with Crippen LogP contribution in [0, 0.1) is 6.92 Å². The van der Waals surface area contributed by atoms with Gasteiger partial charge in [-0.1, -0.05) is 56.0 Å². The molecule has 2 heterocycles. The van der Waals surface area contributed by atoms with E-state index < -0.39 is 0 Å². The number of carbonyl (C=O) groups excluding carboxylic acids is 2. The van der Waals surface area contributed by atoms with E-state index in [4.69, 9.17) is 9.47 Å². The van der Waals surface area contributed by atoms with Crippen LogP contribution >= 0.6 is 23.1 Å². The number of nitrogens with zero attached hydrogens (tertiary/aromatic N) is 5. The Morgan fingerprint density at radius 1 is 1.00 bits per heavy atom. The SMILES string of the molecule is COc1ccc(OC)c(-n2c(CNC(=O)c3ccc(C(C)(C)C)cc3)nnc2SCC(=O)Nc2nnc(C)s2)c1. The average Bonchev–Trinajstić information content (AvgIpc) is 3.54. The van der Waals surface area contributed by atoms with Crippen LogP contribution in [0.5, 0.6) is 11.5 Å². The summed E-state index contributed by atoms with van der Waals surface area (Å²) in [4.78, 5) is 25.5. The topological polar surface area (TPSA) is 133 Å². The van der Waals surface area contributed by atoms with E-state index in [1.807, 2.05) is 31.2 Å². The summed E-state index contributed by atoms with van der Waals surface area (Å²) >= 11 is 2.48. The lowest BCUT2D eigenvalue weighted by atomic mass is 9.87. The minimum absolute atomic E-state index is 0.0116. The Bertz CT molecular complexity index is 1490. The molecular formula is C27H31N7O4S2. The number of hydrogen-bond donors (Lipinski definition) is 2. The zero-order valence-electron chi connectivity index (χ0n) is 23.1. The smallest absolute Gasteiger partial charge is 0.251 e. The van der Waals surface area contributed by atoms with Crippen molar-refractivity contribution in [3.05, 3.63) is 64.4 Å². The first-order valence-electron chi connectivity index (χ1n) is 12.4. The minimum Gasteiger partial charge on any atom is -0.497 e. The van der Waals surface area contributed by atoms with E-state index in [9.17, 15) is 9.59 Å². The van der Waals surface area contributed by atoms with Crippen LogP contribution in [0.1, 0.15) is 47.5 Å². The molecule has 0 aliphatic rings. The van der Waals surface area contributed by atoms with Crippen LogP contribution in [0.25, 0.3) is 5.69 Å². The molecule has 0 aliphatic heterocycles. The summed E-state index contributed by atoms with van der Waals surface area (Å²) in [7, 11) is 3.13. The fourth-order valence-electron chi connectivity index (χ4n) is 3.74. The van der Waals surface area contributed by atoms with Crippen molar-refractivity contribution in [2.45, 2.75) is 44.8 Å². The molecule has 40 heavy (non-hydrogen) atoms. The van der Waals surface area contributed by atoms with Gasteiger partial charge in [-0.2, -0.15) is 0 Å². The van der Waals surface area contributed by atoms with Crippen molar-refractivity contribution in [3.63, 3.8) is 0 Å². The van der Waals surface area contributed by atoms with Crippen LogP contribution in [0.15, 0.2) is 47.6 Å². The van der Waals surface area contributed by atoms with Crippen LogP contribution in [0.2, 0.25) is 0 Å². The summed E-state index contributed by atoms with van der Waals surface area (Å²) in [6, 6.07) is 12.9. The molecule has 13 heteroatoms. The second-order valence-corrected chi connectivity index (χ2v) is 11.9. The number of hydrogen-bond acceptors (Lipinski definition) is 10. The predicted octanol–water partition coefficient (Wildman–Crippen LogP) is 4.40. The number of aryl methyl sites for hydroxylation is 1. The molecule has 210 valence electrons. The molecule has 0 unspecified atom stereocenters. The van der Waals surface area contributed by atoms with E-state index in [1.54, 1.807) is 37.0 Å². The standard InChI is InChI=1S/C27H31N7O4S2/c1-16-30-32-25(40-16)29-23(35)15-39-26-33-31-22(34(26)20-13-19(37-5)11-12-21(20)38-6)14-28-24(36)17-7-9-18(10-8-17)27(2,3)4/h7-13H,14-15H2,1-6H3,(H,28,36)(H,29,32,35). The maximum atomic E-state index is 13.0. The number of amides is 2. The first-order chi connectivity index (χ1) is 19.1. The fraction of sp³-hybridized carbons (Fsp3) is 0.333. The quantitative estimate of drug-likeness (QED) is 0.261. The molecule has 2 aromatic heterocycles. The normalized spacial score (nSPS) is 11.2. The summed E-state index contributed by atoms with van der Waals surface area (Å²) in [6.45, 7) is 8.27. The van der Waals surface area contributed by atoms with Gasteiger partial charge in [0.05, 0.1) is 32.2 Å². The third-order valence-electron chi connectivity index (χ3n) is 5.85. The highest BCUT2D eigenvalue weighted by Gasteiger charge is 2.21. The van der Waals surface area contributed by atoms with Gasteiger partial charge in [-0.15, -0.1) is 20.4 Å². The Morgan fingerprint density at radius 3 is 2.38 bits per heavy atom. The average molecular weight is 582 g/mol. The zero-order valence-corrected chi connectivity index (χ0v) is 24.8. The van der Waals surface area contributed by atoms with Crippen LogP contribution in [-0.4, -0.2) is 56.7 Å². The summed E-state index contributed by atoms with van der Waals surface area (Å²) in [5.41, 5.74) is 2.27. The molecule has 2 N–H and O–H groups in total. The molecule has 2 amide bonds. The highest BCUT2D eigenvalue weighted by molar-refractivity contribution is 7.99. The Hall–Kier alpha value is -3.97. The van der Waals surface area contributed by atoms with Gasteiger partial charge in [0.25, 0.3) is 5.91 Å². The van der Waals surface area contributed by atoms with Crippen molar-refractivity contribution in [1.82, 2.24) is 30.3 Å². The van der Waals surface area contributed by atoms with Crippen molar-refractivity contribution in [3.8, 4) is 17.2 Å². The number of benzene rings is 2. The van der Waals surface area contributed by atoms with Gasteiger partial charge in [0.2, 0.25) is 11.0 Å². The van der Waals surface area contributed by atoms with Crippen LogP contribution < -0.4 is 20.1 Å². The second-order valence-electron chi connectivity index (χ2n) is 9.75. The van der Waals surface area contributed by atoms with E-state index in [1.165, 1.54) is 23.1 Å². The summed E-state index contributed by atoms with van der Waals surface area (Å²) < 4.78 is 12.8. The molecule has 0 radical (unpaired) electrons. The molecule has 4 rings (SSSR count). The lowest BCUT2D eigenvalue weighted by molar-refractivity contribution is -0.113. The summed E-state index contributed by atoms with van der Waals surface area (Å²) in [5.74, 6) is 1.14. The highest BCUT2D eigenvalue weighted by Crippen LogP contribution is 2.32. The van der Waals surface area contributed by atoms with Gasteiger partial charge in [-0.3, -0.25) is 19.5 Å². The molecule has 0 saturated heterocycles. The molecular weight excluding hydrogens is 550 g/mol. The van der Waals surface area contributed by atoms with E-state index in [0.717, 1.165) is 10.6 Å². The summed E-state index contributed by atoms with van der Waals surface area (Å²) in [6.07, 6.45) is 0. The Balaban J connectivity index is 1.57. The van der Waals surface area contributed by atoms with Gasteiger partial charge in [0.1, 0.15) is 16.5 Å². The van der Waals surface area contributed by atoms with Gasteiger partial charge in [-0.05, 0) is 42.2 Å². The number of aromatic nitrogens is 5. The van der Waals surface area contributed by atoms with Gasteiger partial charge in [-0.25, -0.2) is 0 Å². The van der Waals surface area contributed by atoms with Gasteiger partial charge in [0, 0.05) is 11.6 Å². The number of anilines is 1. The zero-order chi connectivity index (χ0) is 28.9. The minimum atomic E-state index is -0.262. The van der Waals surface area contributed by atoms with Gasteiger partial charge in [0.15, 0.2) is 11.0 Å². The number of methoxy groups -OCH3 is 2. The Morgan fingerprint density at radius 2 is 1.75 bits per heavy atom. The molecule has 0 bridgehead atoms. The van der Waals surface area contributed by atoms with Gasteiger partial charge < -0.3 is 14.8 Å². The Kier molecular flexibility index (Phi) is 9.05. The molecule has 2 aromatic carbocycles. The maximum Gasteiger partial charge on any atom is 0.251 e. The van der Waals surface area contributed by atoms with Crippen molar-refractivity contribution in [2.75, 3.05) is 25.3 Å². The molecule has 0 atom stereocenters. The van der Waals surface area contributed by atoms with Crippen molar-refractivity contribution in [1.29, 1.82) is 0 Å². The third-order valence-corrected chi connectivity index (χ3v) is 7.54. The number of ether oxygens (including phenoxy) is 2. The third kappa shape index (κ3) is 6.96. The lowest BCUT2D eigenvalue weighted by Crippen LogP contribution is -2.25. The fourth-order valence-corrected chi connectivity index (χ4v) is 5.11. The van der Waals surface area contributed by atoms with E-state index >= 15 is 0 Å². The largest absolute Gasteiger partial charge is 0.497 e. The van der Waals surface area contributed by atoms with Crippen LogP contribution in [0.4, 0.5) is 5.13 Å². The molecule has 11 nitrogen and oxygen atoms in total. The molecule has 4 aromatic rings. The highest BCUT2D eigenvalue weighted by atomic mass is 32.2. The lowest BCUT2D eigenvalue weighted by Gasteiger charge is -2.19. The molecule has 0 saturated carbocycles. The number of thioether (sulfide) groups is 1. The van der Waals surface area contributed by atoms with Crippen molar-refractivity contribution >= 4 is 40.0 Å². The monoisotopic (exact) mass is 581 g/mol. The van der Waals surface area contributed by atoms with Crippen LogP contribution in [0.3, 0.4) is 0 Å². The number of rotatable bonds is 10.